The van der Waals surface area contributed by atoms with Crippen LogP contribution in [0.2, 0.25) is 0 Å². The highest BCUT2D eigenvalue weighted by Crippen LogP contribution is 2.21. The van der Waals surface area contributed by atoms with Crippen molar-refractivity contribution in [1.29, 1.82) is 0 Å². The van der Waals surface area contributed by atoms with E-state index < -0.39 is 11.9 Å². The van der Waals surface area contributed by atoms with Gasteiger partial charge in [-0.25, -0.2) is 15.6 Å². The van der Waals surface area contributed by atoms with E-state index in [1.54, 1.807) is 19.2 Å². The molecule has 0 radical (unpaired) electrons. The number of aromatic nitrogens is 2. The Morgan fingerprint density at radius 2 is 1.69 bits per heavy atom. The van der Waals surface area contributed by atoms with E-state index in [4.69, 9.17) is 0 Å². The van der Waals surface area contributed by atoms with Crippen LogP contribution in [0.5, 0.6) is 0 Å². The highest BCUT2D eigenvalue weighted by Gasteiger charge is 2.30. The van der Waals surface area contributed by atoms with E-state index in [0.717, 1.165) is 11.1 Å². The summed E-state index contributed by atoms with van der Waals surface area (Å²) < 4.78 is 2.86. The van der Waals surface area contributed by atoms with Crippen molar-refractivity contribution in [2.24, 2.45) is 7.05 Å². The topological polar surface area (TPSA) is 109 Å². The largest absolute Gasteiger partial charge is 0.329 e. The van der Waals surface area contributed by atoms with Gasteiger partial charge in [0.15, 0.2) is 0 Å². The van der Waals surface area contributed by atoms with Crippen molar-refractivity contribution in [1.82, 2.24) is 30.8 Å². The monoisotopic (exact) mass is 394 g/mol. The zero-order chi connectivity index (χ0) is 20.4. The summed E-state index contributed by atoms with van der Waals surface area (Å²) in [6, 6.07) is 16.6. The van der Waals surface area contributed by atoms with Crippen LogP contribution in [0, 0.1) is 0 Å². The number of hydrazine groups is 2. The first-order chi connectivity index (χ1) is 14.0. The fourth-order valence-electron chi connectivity index (χ4n) is 3.55. The minimum atomic E-state index is -0.485. The Morgan fingerprint density at radius 3 is 2.45 bits per heavy atom. The molecule has 1 aromatic heterocycles. The number of imidazole rings is 1. The van der Waals surface area contributed by atoms with E-state index in [1.165, 1.54) is 9.13 Å². The van der Waals surface area contributed by atoms with E-state index in [9.17, 15) is 14.4 Å². The van der Waals surface area contributed by atoms with Gasteiger partial charge in [0.2, 0.25) is 0 Å². The van der Waals surface area contributed by atoms with E-state index in [2.05, 4.69) is 21.7 Å². The van der Waals surface area contributed by atoms with Gasteiger partial charge in [-0.05, 0) is 24.1 Å². The molecule has 0 saturated carbocycles. The third-order valence-electron chi connectivity index (χ3n) is 5.10. The van der Waals surface area contributed by atoms with Crippen LogP contribution < -0.4 is 27.4 Å². The second-order valence-electron chi connectivity index (χ2n) is 6.99. The summed E-state index contributed by atoms with van der Waals surface area (Å²) in [4.78, 5) is 37.0. The molecule has 1 saturated heterocycles. The molecule has 4 N–H and O–H groups in total. The van der Waals surface area contributed by atoms with E-state index in [1.807, 2.05) is 42.5 Å². The van der Waals surface area contributed by atoms with Crippen molar-refractivity contribution in [2.45, 2.75) is 25.0 Å². The van der Waals surface area contributed by atoms with Crippen LogP contribution in [0.1, 0.15) is 18.0 Å². The second kappa shape index (κ2) is 7.90. The van der Waals surface area contributed by atoms with Gasteiger partial charge < -0.3 is 0 Å². The molecule has 2 unspecified atom stereocenters. The maximum Gasteiger partial charge on any atom is 0.329 e. The van der Waals surface area contributed by atoms with Crippen molar-refractivity contribution >= 4 is 22.8 Å². The van der Waals surface area contributed by atoms with Crippen LogP contribution in [-0.2, 0) is 23.2 Å². The van der Waals surface area contributed by atoms with Crippen LogP contribution in [-0.4, -0.2) is 27.0 Å². The lowest BCUT2D eigenvalue weighted by Gasteiger charge is -2.12. The minimum Gasteiger partial charge on any atom is -0.295 e. The van der Waals surface area contributed by atoms with Gasteiger partial charge in [-0.3, -0.25) is 29.6 Å². The Bertz CT molecular complexity index is 1100. The van der Waals surface area contributed by atoms with Crippen molar-refractivity contribution in [3.05, 3.63) is 70.6 Å². The van der Waals surface area contributed by atoms with Crippen LogP contribution in [0.3, 0.4) is 0 Å². The lowest BCUT2D eigenvalue weighted by Crippen LogP contribution is -2.51. The maximum atomic E-state index is 12.4. The second-order valence-corrected chi connectivity index (χ2v) is 6.99. The fourth-order valence-corrected chi connectivity index (χ4v) is 3.55. The summed E-state index contributed by atoms with van der Waals surface area (Å²) in [7, 11) is 1.66. The molecule has 1 aliphatic heterocycles. The Balaban J connectivity index is 1.34. The zero-order valence-electron chi connectivity index (χ0n) is 15.9. The first-order valence-electron chi connectivity index (χ1n) is 9.33. The molecule has 2 amide bonds. The van der Waals surface area contributed by atoms with Crippen molar-refractivity contribution < 1.29 is 9.59 Å². The van der Waals surface area contributed by atoms with Gasteiger partial charge in [0.1, 0.15) is 12.6 Å². The molecule has 0 aliphatic carbocycles. The molecular weight excluding hydrogens is 372 g/mol. The van der Waals surface area contributed by atoms with Gasteiger partial charge in [-0.2, -0.15) is 0 Å². The predicted octanol–water partition coefficient (Wildman–Crippen LogP) is 0.0952. The average Bonchev–Trinajstić information content (AvgIpc) is 3.33. The van der Waals surface area contributed by atoms with Crippen molar-refractivity contribution in [3.8, 4) is 0 Å². The Labute approximate surface area is 166 Å². The number of amides is 2. The summed E-state index contributed by atoms with van der Waals surface area (Å²) >= 11 is 0. The van der Waals surface area contributed by atoms with Gasteiger partial charge in [-0.1, -0.05) is 42.5 Å². The van der Waals surface area contributed by atoms with Gasteiger partial charge in [-0.15, -0.1) is 0 Å². The third kappa shape index (κ3) is 3.78. The summed E-state index contributed by atoms with van der Waals surface area (Å²) in [5.74, 6) is -0.836. The molecule has 2 atom stereocenters. The molecule has 2 aromatic carbocycles. The number of benzene rings is 2. The average molecular weight is 394 g/mol. The number of nitrogens with one attached hydrogen (secondary N) is 4. The van der Waals surface area contributed by atoms with Gasteiger partial charge in [0.05, 0.1) is 11.0 Å². The number of hydrogen-bond acceptors (Lipinski definition) is 5. The molecule has 0 spiro atoms. The van der Waals surface area contributed by atoms with Crippen molar-refractivity contribution in [2.75, 3.05) is 0 Å². The smallest absolute Gasteiger partial charge is 0.295 e. The third-order valence-corrected chi connectivity index (χ3v) is 5.10. The molecule has 29 heavy (non-hydrogen) atoms. The molecule has 9 heteroatoms. The zero-order valence-corrected chi connectivity index (χ0v) is 15.9. The van der Waals surface area contributed by atoms with Crippen LogP contribution in [0.25, 0.3) is 11.0 Å². The normalized spacial score (nSPS) is 18.7. The predicted molar refractivity (Wildman–Crippen MR) is 107 cm³/mol. The first kappa shape index (κ1) is 18.9. The molecule has 3 aromatic rings. The molecule has 9 nitrogen and oxygen atoms in total. The van der Waals surface area contributed by atoms with E-state index in [-0.39, 0.29) is 24.2 Å². The van der Waals surface area contributed by atoms with Crippen LogP contribution in [0.15, 0.2) is 59.4 Å². The number of hydrogen-bond donors (Lipinski definition) is 4. The quantitative estimate of drug-likeness (QED) is 0.469. The standard InChI is InChI=1S/C20H22N6O3/c1-25-16-9-5-6-10-17(16)26(20(25)29)12-18(27)23-24-19(28)15-11-14(21-22-15)13-7-3-2-4-8-13/h2-10,14-15,21-22H,11-12H2,1H3,(H,23,27)(H,24,28). The van der Waals surface area contributed by atoms with E-state index >= 15 is 0 Å². The van der Waals surface area contributed by atoms with Gasteiger partial charge in [0.25, 0.3) is 11.8 Å². The number of para-hydroxylation sites is 2. The Morgan fingerprint density at radius 1 is 1.00 bits per heavy atom. The number of nitrogens with zero attached hydrogens (tertiary/aromatic N) is 2. The number of carbonyl (C=O) groups is 2. The maximum absolute atomic E-state index is 12.4. The van der Waals surface area contributed by atoms with Crippen LogP contribution >= 0.6 is 0 Å². The molecule has 1 fully saturated rings. The Kier molecular flexibility index (Phi) is 5.15. The number of carbonyl (C=O) groups excluding carboxylic acids is 2. The summed E-state index contributed by atoms with van der Waals surface area (Å²) in [6.07, 6.45) is 0.550. The highest BCUT2D eigenvalue weighted by molar-refractivity contribution is 5.86. The molecular formula is C20H22N6O3. The molecule has 0 bridgehead atoms. The minimum absolute atomic E-state index is 0.0110. The fraction of sp³-hybridized carbons (Fsp3) is 0.250. The number of fused-ring (bicyclic) bond motifs is 1. The lowest BCUT2D eigenvalue weighted by atomic mass is 10.0. The van der Waals surface area contributed by atoms with Gasteiger partial charge >= 0.3 is 5.69 Å². The Hall–Kier alpha value is -3.43. The number of aryl methyl sites for hydroxylation is 1. The van der Waals surface area contributed by atoms with Gasteiger partial charge in [0, 0.05) is 13.1 Å². The molecule has 4 rings (SSSR count). The van der Waals surface area contributed by atoms with E-state index in [0.29, 0.717) is 11.9 Å². The molecule has 1 aliphatic rings. The lowest BCUT2D eigenvalue weighted by molar-refractivity contribution is -0.130. The SMILES string of the molecule is Cn1c(=O)n(CC(=O)NNC(=O)C2CC(c3ccccc3)NN2)c2ccccc21. The van der Waals surface area contributed by atoms with Crippen molar-refractivity contribution in [3.63, 3.8) is 0 Å². The molecule has 2 heterocycles. The first-order valence-corrected chi connectivity index (χ1v) is 9.33. The number of rotatable bonds is 4. The summed E-state index contributed by atoms with van der Waals surface area (Å²) in [6.45, 7) is -0.191. The summed E-state index contributed by atoms with van der Waals surface area (Å²) in [5.41, 5.74) is 13.0. The molecule has 150 valence electrons. The van der Waals surface area contributed by atoms with Crippen LogP contribution in [0.4, 0.5) is 0 Å². The highest BCUT2D eigenvalue weighted by atomic mass is 16.2. The summed E-state index contributed by atoms with van der Waals surface area (Å²) in [5, 5.41) is 0.